The molecule has 2 saturated carbocycles. The Morgan fingerprint density at radius 2 is 1.71 bits per heavy atom. The molecular formula is C32H46FN3O6. The zero-order chi connectivity index (χ0) is 30.8. The van der Waals surface area contributed by atoms with Crippen LogP contribution in [0.15, 0.2) is 18.2 Å². The van der Waals surface area contributed by atoms with E-state index in [9.17, 15) is 24.3 Å². The molecule has 4 rings (SSSR count). The molecule has 3 atom stereocenters. The van der Waals surface area contributed by atoms with E-state index in [0.29, 0.717) is 19.4 Å². The van der Waals surface area contributed by atoms with Crippen LogP contribution in [0.1, 0.15) is 107 Å². The first kappa shape index (κ1) is 31.8. The van der Waals surface area contributed by atoms with Crippen LogP contribution in [0.5, 0.6) is 0 Å². The second-order valence-corrected chi connectivity index (χ2v) is 13.6. The topological polar surface area (TPSA) is 139 Å². The van der Waals surface area contributed by atoms with Gasteiger partial charge in [-0.05, 0) is 77.3 Å². The van der Waals surface area contributed by atoms with Gasteiger partial charge in [0.2, 0.25) is 11.8 Å². The predicted molar refractivity (Wildman–Crippen MR) is 155 cm³/mol. The molecular weight excluding hydrogens is 541 g/mol. The molecule has 3 fully saturated rings. The highest BCUT2D eigenvalue weighted by Gasteiger charge is 2.60. The van der Waals surface area contributed by atoms with Gasteiger partial charge in [0, 0.05) is 36.4 Å². The molecule has 3 amide bonds. The van der Waals surface area contributed by atoms with Crippen molar-refractivity contribution in [2.24, 2.45) is 29.4 Å². The normalized spacial score (nSPS) is 28.7. The Balaban J connectivity index is 1.58. The quantitative estimate of drug-likeness (QED) is 0.400. The van der Waals surface area contributed by atoms with Gasteiger partial charge >= 0.3 is 12.1 Å². The number of halogens is 1. The molecule has 9 nitrogen and oxygen atoms in total. The number of hydrogen-bond acceptors (Lipinski definition) is 5. The van der Waals surface area contributed by atoms with E-state index < -0.39 is 46.8 Å². The van der Waals surface area contributed by atoms with Gasteiger partial charge in [-0.3, -0.25) is 9.59 Å². The van der Waals surface area contributed by atoms with Crippen LogP contribution in [0.3, 0.4) is 0 Å². The van der Waals surface area contributed by atoms with Gasteiger partial charge in [-0.15, -0.1) is 0 Å². The summed E-state index contributed by atoms with van der Waals surface area (Å²) in [6.45, 7) is 7.61. The third-order valence-electron chi connectivity index (χ3n) is 9.73. The zero-order valence-electron chi connectivity index (χ0n) is 25.3. The lowest BCUT2D eigenvalue weighted by molar-refractivity contribution is -0.149. The first-order valence-corrected chi connectivity index (χ1v) is 15.3. The summed E-state index contributed by atoms with van der Waals surface area (Å²) in [6, 6.07) is 4.01. The molecule has 1 heterocycles. The lowest BCUT2D eigenvalue weighted by atomic mass is 9.65. The summed E-state index contributed by atoms with van der Waals surface area (Å²) in [5.74, 6) is -4.01. The molecule has 1 unspecified atom stereocenters. The number of ether oxygens (including phenoxy) is 1. The van der Waals surface area contributed by atoms with Crippen LogP contribution in [0.2, 0.25) is 0 Å². The Bertz CT molecular complexity index is 1190. The number of carbonyl (C=O) groups is 4. The summed E-state index contributed by atoms with van der Waals surface area (Å²) < 4.78 is 20.8. The molecule has 0 spiro atoms. The summed E-state index contributed by atoms with van der Waals surface area (Å²) in [5.41, 5.74) is 4.06. The first-order valence-electron chi connectivity index (χ1n) is 15.3. The van der Waals surface area contributed by atoms with Crippen molar-refractivity contribution < 1.29 is 33.4 Å². The first-order chi connectivity index (χ1) is 19.7. The third kappa shape index (κ3) is 6.57. The summed E-state index contributed by atoms with van der Waals surface area (Å²) in [7, 11) is 0. The summed E-state index contributed by atoms with van der Waals surface area (Å²) in [4.78, 5) is 53.3. The monoisotopic (exact) mass is 587 g/mol. The Morgan fingerprint density at radius 1 is 1.07 bits per heavy atom. The molecule has 10 heteroatoms. The minimum absolute atomic E-state index is 0.00923. The number of primary amides is 1. The summed E-state index contributed by atoms with van der Waals surface area (Å²) in [6.07, 6.45) is 6.77. The van der Waals surface area contributed by atoms with Crippen molar-refractivity contribution in [3.05, 3.63) is 35.1 Å². The Hall–Kier alpha value is -3.17. The minimum Gasteiger partial charge on any atom is -0.478 e. The van der Waals surface area contributed by atoms with E-state index in [0.717, 1.165) is 44.9 Å². The number of nitrogens with one attached hydrogen (secondary N) is 1. The van der Waals surface area contributed by atoms with E-state index in [2.05, 4.69) is 5.32 Å². The fraction of sp³-hybridized carbons (Fsp3) is 0.688. The van der Waals surface area contributed by atoms with Crippen LogP contribution in [0.4, 0.5) is 9.18 Å². The average molecular weight is 588 g/mol. The van der Waals surface area contributed by atoms with Crippen molar-refractivity contribution in [3.63, 3.8) is 0 Å². The number of aromatic carboxylic acids is 1. The molecule has 42 heavy (non-hydrogen) atoms. The number of nitrogens with zero attached hydrogens (tertiary/aromatic N) is 1. The highest BCUT2D eigenvalue weighted by Crippen LogP contribution is 2.53. The van der Waals surface area contributed by atoms with Crippen LogP contribution in [-0.2, 0) is 14.3 Å². The number of carbonyl (C=O) groups excluding carboxylic acids is 3. The number of alkyl carbamates (subject to hydrolysis) is 1. The molecule has 4 N–H and O–H groups in total. The highest BCUT2D eigenvalue weighted by atomic mass is 19.1. The van der Waals surface area contributed by atoms with Gasteiger partial charge in [0.15, 0.2) is 0 Å². The third-order valence-corrected chi connectivity index (χ3v) is 9.73. The fourth-order valence-corrected chi connectivity index (χ4v) is 7.72. The largest absolute Gasteiger partial charge is 0.478 e. The lowest BCUT2D eigenvalue weighted by Gasteiger charge is -2.43. The lowest BCUT2D eigenvalue weighted by Crippen LogP contribution is -2.59. The van der Waals surface area contributed by atoms with Crippen LogP contribution < -0.4 is 11.1 Å². The maximum absolute atomic E-state index is 15.5. The highest BCUT2D eigenvalue weighted by molar-refractivity contribution is 5.93. The van der Waals surface area contributed by atoms with Crippen molar-refractivity contribution in [2.75, 3.05) is 13.1 Å². The van der Waals surface area contributed by atoms with Crippen molar-refractivity contribution in [2.45, 2.75) is 103 Å². The molecule has 1 aromatic rings. The molecule has 0 aromatic heterocycles. The number of carboxylic acid groups (broad SMARTS) is 1. The SMILES string of the molecule is CC(C)(C)OC(=O)NCC1CCC(C(=O)N2CC(c3c(F)cccc3C(=O)O)[C@@H](C3CCCCC3)[C@@]2(C)C(N)=O)CC1. The number of likely N-dealkylation sites (tertiary alicyclic amines) is 1. The Labute approximate surface area is 247 Å². The standard InChI is InChI=1S/C32H46FN3O6/c1-31(2,3)42-30(41)35-17-19-13-15-21(16-14-19)27(37)36-18-23(25-22(28(38)39)11-8-12-24(25)33)26(32(36,4)29(34)40)20-9-6-5-7-10-20/h8,11-12,19-21,23,26H,5-7,9-10,13-18H2,1-4H3,(H2,34,40)(H,35,41)(H,38,39)/t19?,21?,23?,26-,32+/m1/s1. The van der Waals surface area contributed by atoms with Crippen molar-refractivity contribution in [1.82, 2.24) is 10.2 Å². The number of rotatable bonds is 7. The fourth-order valence-electron chi connectivity index (χ4n) is 7.72. The van der Waals surface area contributed by atoms with Crippen LogP contribution in [0, 0.1) is 29.5 Å². The summed E-state index contributed by atoms with van der Waals surface area (Å²) >= 11 is 0. The minimum atomic E-state index is -1.38. The smallest absolute Gasteiger partial charge is 0.407 e. The molecule has 0 radical (unpaired) electrons. The molecule has 0 bridgehead atoms. The van der Waals surface area contributed by atoms with Gasteiger partial charge in [-0.25, -0.2) is 14.0 Å². The number of benzene rings is 1. The van der Waals surface area contributed by atoms with Gasteiger partial charge in [0.05, 0.1) is 5.56 Å². The van der Waals surface area contributed by atoms with Crippen LogP contribution in [-0.4, -0.2) is 58.1 Å². The molecule has 1 aliphatic heterocycles. The molecule has 232 valence electrons. The van der Waals surface area contributed by atoms with Gasteiger partial charge in [-0.2, -0.15) is 0 Å². The van der Waals surface area contributed by atoms with Crippen LogP contribution in [0.25, 0.3) is 0 Å². The van der Waals surface area contributed by atoms with Gasteiger partial charge in [0.1, 0.15) is 17.0 Å². The zero-order valence-corrected chi connectivity index (χ0v) is 25.3. The number of amides is 3. The van der Waals surface area contributed by atoms with E-state index in [-0.39, 0.29) is 41.3 Å². The van der Waals surface area contributed by atoms with E-state index in [4.69, 9.17) is 10.5 Å². The van der Waals surface area contributed by atoms with E-state index >= 15 is 4.39 Å². The average Bonchev–Trinajstić information content (AvgIpc) is 3.25. The van der Waals surface area contributed by atoms with Crippen molar-refractivity contribution in [1.29, 1.82) is 0 Å². The van der Waals surface area contributed by atoms with E-state index in [1.165, 1.54) is 18.2 Å². The molecule has 3 aliphatic rings. The van der Waals surface area contributed by atoms with Gasteiger partial charge < -0.3 is 25.8 Å². The molecule has 2 aliphatic carbocycles. The summed E-state index contributed by atoms with van der Waals surface area (Å²) in [5, 5.41) is 12.8. The Morgan fingerprint density at radius 3 is 2.29 bits per heavy atom. The predicted octanol–water partition coefficient (Wildman–Crippen LogP) is 5.22. The number of hydrogen-bond donors (Lipinski definition) is 3. The van der Waals surface area contributed by atoms with E-state index in [1.807, 2.05) is 0 Å². The second-order valence-electron chi connectivity index (χ2n) is 13.6. The van der Waals surface area contributed by atoms with Crippen molar-refractivity contribution in [3.8, 4) is 0 Å². The number of carboxylic acids is 1. The van der Waals surface area contributed by atoms with Crippen molar-refractivity contribution >= 4 is 23.9 Å². The van der Waals surface area contributed by atoms with Crippen LogP contribution >= 0.6 is 0 Å². The van der Waals surface area contributed by atoms with Gasteiger partial charge in [-0.1, -0.05) is 38.2 Å². The maximum atomic E-state index is 15.5. The Kier molecular flexibility index (Phi) is 9.52. The second kappa shape index (κ2) is 12.6. The molecule has 1 saturated heterocycles. The van der Waals surface area contributed by atoms with E-state index in [1.54, 1.807) is 32.6 Å². The maximum Gasteiger partial charge on any atom is 0.407 e. The van der Waals surface area contributed by atoms with Gasteiger partial charge in [0.25, 0.3) is 0 Å². The molecule has 1 aromatic carbocycles. The number of nitrogens with two attached hydrogens (primary N) is 1.